The Kier molecular flexibility index (Phi) is 3.69. The maximum absolute atomic E-state index is 12.2. The van der Waals surface area contributed by atoms with E-state index in [2.05, 4.69) is 6.07 Å². The Balaban J connectivity index is 2.11. The van der Waals surface area contributed by atoms with Crippen LogP contribution in [-0.2, 0) is 15.6 Å². The summed E-state index contributed by atoms with van der Waals surface area (Å²) in [4.78, 5) is 0. The molecule has 0 unspecified atom stereocenters. The van der Waals surface area contributed by atoms with Gasteiger partial charge in [-0.25, -0.2) is 8.42 Å². The number of hydrogen-bond donors (Lipinski definition) is 0. The van der Waals surface area contributed by atoms with Crippen LogP contribution in [-0.4, -0.2) is 14.2 Å². The second-order valence-electron chi connectivity index (χ2n) is 5.86. The molecule has 0 spiro atoms. The van der Waals surface area contributed by atoms with Crippen LogP contribution < -0.4 is 0 Å². The molecular weight excluding hydrogens is 258 g/mol. The molecule has 19 heavy (non-hydrogen) atoms. The third-order valence-corrected chi connectivity index (χ3v) is 5.43. The Hall–Kier alpha value is -1.34. The fourth-order valence-electron chi connectivity index (χ4n) is 2.64. The highest BCUT2D eigenvalue weighted by Crippen LogP contribution is 2.49. The predicted octanol–water partition coefficient (Wildman–Crippen LogP) is 2.91. The van der Waals surface area contributed by atoms with E-state index in [1.54, 1.807) is 0 Å². The van der Waals surface area contributed by atoms with Crippen molar-refractivity contribution in [2.75, 3.05) is 5.75 Å². The molecule has 0 radical (unpaired) electrons. The van der Waals surface area contributed by atoms with E-state index in [1.807, 2.05) is 32.0 Å². The summed E-state index contributed by atoms with van der Waals surface area (Å²) in [6.45, 7) is 3.95. The van der Waals surface area contributed by atoms with Gasteiger partial charge in [-0.15, -0.1) is 0 Å². The molecule has 0 saturated heterocycles. The lowest BCUT2D eigenvalue weighted by atomic mass is 10.1. The lowest BCUT2D eigenvalue weighted by Gasteiger charge is -2.12. The van der Waals surface area contributed by atoms with Crippen molar-refractivity contribution in [1.29, 1.82) is 5.26 Å². The molecule has 1 aliphatic carbocycles. The Labute approximate surface area is 115 Å². The summed E-state index contributed by atoms with van der Waals surface area (Å²) in [5.74, 6) is 0.239. The standard InChI is InChI=1S/C15H19NO2S/c1-12-7-13(2)9-14(8-12)10-19(17,18)11-15(3-4-15)5-6-16/h7-9H,3-5,10-11H2,1-2H3. The van der Waals surface area contributed by atoms with Crippen LogP contribution in [0.3, 0.4) is 0 Å². The molecule has 0 N–H and O–H groups in total. The molecule has 1 aromatic rings. The minimum absolute atomic E-state index is 0.0860. The Morgan fingerprint density at radius 3 is 2.26 bits per heavy atom. The van der Waals surface area contributed by atoms with Gasteiger partial charge in [0.05, 0.1) is 17.6 Å². The molecule has 2 rings (SSSR count). The highest BCUT2D eigenvalue weighted by atomic mass is 32.2. The highest BCUT2D eigenvalue weighted by molar-refractivity contribution is 7.90. The van der Waals surface area contributed by atoms with Crippen molar-refractivity contribution in [3.63, 3.8) is 0 Å². The van der Waals surface area contributed by atoms with Crippen LogP contribution in [0.5, 0.6) is 0 Å². The van der Waals surface area contributed by atoms with Gasteiger partial charge in [0, 0.05) is 6.42 Å². The molecule has 1 saturated carbocycles. The van der Waals surface area contributed by atoms with Crippen molar-refractivity contribution in [1.82, 2.24) is 0 Å². The van der Waals surface area contributed by atoms with Crippen molar-refractivity contribution >= 4 is 9.84 Å². The molecule has 4 heteroatoms. The molecule has 0 aliphatic heterocycles. The van der Waals surface area contributed by atoms with E-state index >= 15 is 0 Å². The van der Waals surface area contributed by atoms with Gasteiger partial charge in [0.15, 0.2) is 9.84 Å². The number of hydrogen-bond acceptors (Lipinski definition) is 3. The third-order valence-electron chi connectivity index (χ3n) is 3.61. The van der Waals surface area contributed by atoms with E-state index in [-0.39, 0.29) is 16.9 Å². The summed E-state index contributed by atoms with van der Waals surface area (Å²) in [5, 5.41) is 8.76. The lowest BCUT2D eigenvalue weighted by Crippen LogP contribution is -2.18. The molecule has 0 aromatic heterocycles. The monoisotopic (exact) mass is 277 g/mol. The maximum Gasteiger partial charge on any atom is 0.155 e. The van der Waals surface area contributed by atoms with E-state index in [4.69, 9.17) is 5.26 Å². The smallest absolute Gasteiger partial charge is 0.155 e. The maximum atomic E-state index is 12.2. The molecular formula is C15H19NO2S. The number of nitriles is 1. The van der Waals surface area contributed by atoms with E-state index in [1.165, 1.54) is 0 Å². The number of nitrogens with zero attached hydrogens (tertiary/aromatic N) is 1. The molecule has 1 aromatic carbocycles. The zero-order chi connectivity index (χ0) is 14.1. The number of aryl methyl sites for hydroxylation is 2. The van der Waals surface area contributed by atoms with Gasteiger partial charge in [-0.05, 0) is 37.7 Å². The first kappa shape index (κ1) is 14.1. The Bertz CT molecular complexity index is 602. The summed E-state index contributed by atoms with van der Waals surface area (Å²) >= 11 is 0. The largest absolute Gasteiger partial charge is 0.228 e. The van der Waals surface area contributed by atoms with Crippen LogP contribution in [0.2, 0.25) is 0 Å². The molecule has 0 bridgehead atoms. The summed E-state index contributed by atoms with van der Waals surface area (Å²) < 4.78 is 24.5. The molecule has 3 nitrogen and oxygen atoms in total. The number of sulfone groups is 1. The summed E-state index contributed by atoms with van der Waals surface area (Å²) in [5.41, 5.74) is 2.78. The van der Waals surface area contributed by atoms with Gasteiger partial charge in [0.25, 0.3) is 0 Å². The lowest BCUT2D eigenvalue weighted by molar-refractivity contribution is 0.547. The SMILES string of the molecule is Cc1cc(C)cc(CS(=O)(=O)CC2(CC#N)CC2)c1. The van der Waals surface area contributed by atoms with Gasteiger partial charge >= 0.3 is 0 Å². The van der Waals surface area contributed by atoms with Crippen LogP contribution in [0, 0.1) is 30.6 Å². The summed E-state index contributed by atoms with van der Waals surface area (Å²) in [6.07, 6.45) is 2.10. The quantitative estimate of drug-likeness (QED) is 0.831. The second-order valence-corrected chi connectivity index (χ2v) is 7.93. The zero-order valence-corrected chi connectivity index (χ0v) is 12.3. The van der Waals surface area contributed by atoms with Gasteiger partial charge in [-0.1, -0.05) is 29.3 Å². The van der Waals surface area contributed by atoms with Crippen molar-refractivity contribution < 1.29 is 8.42 Å². The number of benzene rings is 1. The van der Waals surface area contributed by atoms with Crippen LogP contribution in [0.25, 0.3) is 0 Å². The fraction of sp³-hybridized carbons (Fsp3) is 0.533. The van der Waals surface area contributed by atoms with E-state index in [0.29, 0.717) is 6.42 Å². The normalized spacial score (nSPS) is 16.9. The van der Waals surface area contributed by atoms with Crippen molar-refractivity contribution in [3.8, 4) is 6.07 Å². The van der Waals surface area contributed by atoms with Gasteiger partial charge < -0.3 is 0 Å². The number of rotatable bonds is 5. The van der Waals surface area contributed by atoms with Crippen LogP contribution in [0.15, 0.2) is 18.2 Å². The van der Waals surface area contributed by atoms with Gasteiger partial charge in [0.2, 0.25) is 0 Å². The van der Waals surface area contributed by atoms with Crippen molar-refractivity contribution in [2.45, 2.75) is 38.9 Å². The Morgan fingerprint density at radius 2 is 1.79 bits per heavy atom. The topological polar surface area (TPSA) is 57.9 Å². The van der Waals surface area contributed by atoms with Gasteiger partial charge in [0.1, 0.15) is 0 Å². The average Bonchev–Trinajstić information content (AvgIpc) is 2.94. The minimum atomic E-state index is -3.14. The molecule has 0 amide bonds. The zero-order valence-electron chi connectivity index (χ0n) is 11.4. The van der Waals surface area contributed by atoms with E-state index in [9.17, 15) is 8.42 Å². The second kappa shape index (κ2) is 4.97. The van der Waals surface area contributed by atoms with Gasteiger partial charge in [-0.2, -0.15) is 5.26 Å². The van der Waals surface area contributed by atoms with Crippen LogP contribution in [0.4, 0.5) is 0 Å². The van der Waals surface area contributed by atoms with E-state index in [0.717, 1.165) is 29.5 Å². The summed E-state index contributed by atoms with van der Waals surface area (Å²) in [7, 11) is -3.14. The van der Waals surface area contributed by atoms with Crippen molar-refractivity contribution in [2.24, 2.45) is 5.41 Å². The molecule has 102 valence electrons. The molecule has 0 atom stereocenters. The van der Waals surface area contributed by atoms with Crippen LogP contribution >= 0.6 is 0 Å². The first-order valence-corrected chi connectivity index (χ1v) is 8.31. The summed E-state index contributed by atoms with van der Waals surface area (Å²) in [6, 6.07) is 8.00. The highest BCUT2D eigenvalue weighted by Gasteiger charge is 2.45. The minimum Gasteiger partial charge on any atom is -0.228 e. The predicted molar refractivity (Wildman–Crippen MR) is 75.3 cm³/mol. The molecule has 1 fully saturated rings. The third kappa shape index (κ3) is 3.81. The average molecular weight is 277 g/mol. The van der Waals surface area contributed by atoms with E-state index < -0.39 is 9.84 Å². The first-order valence-electron chi connectivity index (χ1n) is 6.49. The van der Waals surface area contributed by atoms with Gasteiger partial charge in [-0.3, -0.25) is 0 Å². The first-order chi connectivity index (χ1) is 8.84. The molecule has 1 aliphatic rings. The van der Waals surface area contributed by atoms with Crippen molar-refractivity contribution in [3.05, 3.63) is 34.9 Å². The molecule has 0 heterocycles. The van der Waals surface area contributed by atoms with Crippen LogP contribution in [0.1, 0.15) is 36.0 Å². The fourth-order valence-corrected chi connectivity index (χ4v) is 4.74. The Morgan fingerprint density at radius 1 is 1.21 bits per heavy atom.